The predicted molar refractivity (Wildman–Crippen MR) is 258 cm³/mol. The average Bonchev–Trinajstić information content (AvgIpc) is 3.37. The number of aromatic nitrogens is 3. The fourth-order valence-electron chi connectivity index (χ4n) is 8.60. The number of hydrogen-bond acceptors (Lipinski definition) is 3. The summed E-state index contributed by atoms with van der Waals surface area (Å²) in [5.74, 6) is 0.680. The van der Waals surface area contributed by atoms with Gasteiger partial charge in [0.1, 0.15) is 0 Å². The molecule has 11 aromatic rings. The van der Waals surface area contributed by atoms with Crippen molar-refractivity contribution in [2.45, 2.75) is 0 Å². The Bertz CT molecular complexity index is 3310. The molecule has 0 spiro atoms. The molecule has 0 saturated heterocycles. The van der Waals surface area contributed by atoms with Gasteiger partial charge in [-0.2, -0.15) is 0 Å². The van der Waals surface area contributed by atoms with Crippen molar-refractivity contribution in [2.24, 2.45) is 0 Å². The summed E-state index contributed by atoms with van der Waals surface area (Å²) in [5, 5.41) is 3.47. The van der Waals surface area contributed by atoms with Crippen molar-refractivity contribution in [3.05, 3.63) is 237 Å². The molecule has 3 heteroatoms. The lowest BCUT2D eigenvalue weighted by atomic mass is 9.92. The molecule has 3 nitrogen and oxygen atoms in total. The first kappa shape index (κ1) is 36.8. The number of rotatable bonds is 8. The van der Waals surface area contributed by atoms with Gasteiger partial charge in [-0.05, 0) is 80.9 Å². The third-order valence-corrected chi connectivity index (χ3v) is 11.6. The third kappa shape index (κ3) is 7.12. The molecule has 0 amide bonds. The summed E-state index contributed by atoms with van der Waals surface area (Å²) in [7, 11) is 0. The van der Waals surface area contributed by atoms with Crippen molar-refractivity contribution < 1.29 is 0 Å². The molecule has 0 atom stereocenters. The second-order valence-electron chi connectivity index (χ2n) is 15.6. The summed E-state index contributed by atoms with van der Waals surface area (Å²) in [4.78, 5) is 15.9. The molecule has 9 aromatic carbocycles. The lowest BCUT2D eigenvalue weighted by Gasteiger charge is -2.15. The predicted octanol–water partition coefficient (Wildman–Crippen LogP) is 15.5. The fraction of sp³-hybridized carbons (Fsp3) is 0. The molecular formula is C59H39N3. The topological polar surface area (TPSA) is 38.7 Å². The summed E-state index contributed by atoms with van der Waals surface area (Å²) >= 11 is 0. The lowest BCUT2D eigenvalue weighted by molar-refractivity contribution is 1.18. The van der Waals surface area contributed by atoms with E-state index < -0.39 is 0 Å². The van der Waals surface area contributed by atoms with Gasteiger partial charge in [0.2, 0.25) is 0 Å². The SMILES string of the molecule is c1ccc(-c2cc(-c3ccccc3)cc(-c3cc(-c4cccc(-c5ccc6c(c5)nc(-c5ccccc5)c5cccc(-c7ccccc7)c56)c4)nc(-c4ccccc4)n3)c2)cc1. The Hall–Kier alpha value is -8.27. The highest BCUT2D eigenvalue weighted by Crippen LogP contribution is 2.40. The van der Waals surface area contributed by atoms with Crippen molar-refractivity contribution in [3.63, 3.8) is 0 Å². The van der Waals surface area contributed by atoms with Crippen molar-refractivity contribution >= 4 is 21.7 Å². The van der Waals surface area contributed by atoms with Gasteiger partial charge in [-0.25, -0.2) is 15.0 Å². The molecule has 2 aromatic heterocycles. The van der Waals surface area contributed by atoms with Crippen LogP contribution in [0.4, 0.5) is 0 Å². The van der Waals surface area contributed by atoms with Gasteiger partial charge in [-0.15, -0.1) is 0 Å². The van der Waals surface area contributed by atoms with Crippen LogP contribution in [0, 0.1) is 0 Å². The summed E-state index contributed by atoms with van der Waals surface area (Å²) < 4.78 is 0. The maximum absolute atomic E-state index is 5.40. The van der Waals surface area contributed by atoms with Crippen LogP contribution in [0.5, 0.6) is 0 Å². The van der Waals surface area contributed by atoms with Gasteiger partial charge < -0.3 is 0 Å². The first-order chi connectivity index (χ1) is 30.7. The third-order valence-electron chi connectivity index (χ3n) is 11.6. The van der Waals surface area contributed by atoms with E-state index >= 15 is 0 Å². The van der Waals surface area contributed by atoms with E-state index in [1.807, 2.05) is 18.2 Å². The molecule has 11 rings (SSSR count). The van der Waals surface area contributed by atoms with Gasteiger partial charge in [0.05, 0.1) is 22.6 Å². The Balaban J connectivity index is 1.07. The normalized spacial score (nSPS) is 11.2. The van der Waals surface area contributed by atoms with Crippen LogP contribution in [-0.2, 0) is 0 Å². The lowest BCUT2D eigenvalue weighted by Crippen LogP contribution is -1.97. The molecule has 0 aliphatic heterocycles. The number of pyridine rings is 1. The van der Waals surface area contributed by atoms with E-state index in [0.717, 1.165) is 89.0 Å². The minimum atomic E-state index is 0.680. The maximum Gasteiger partial charge on any atom is 0.160 e. The van der Waals surface area contributed by atoms with Gasteiger partial charge in [-0.1, -0.05) is 200 Å². The highest BCUT2D eigenvalue weighted by molar-refractivity contribution is 6.17. The molecule has 0 bridgehead atoms. The second-order valence-corrected chi connectivity index (χ2v) is 15.6. The van der Waals surface area contributed by atoms with Crippen LogP contribution in [0.2, 0.25) is 0 Å². The minimum Gasteiger partial charge on any atom is -0.247 e. The quantitative estimate of drug-likeness (QED) is 0.144. The van der Waals surface area contributed by atoms with Crippen LogP contribution in [0.25, 0.3) is 111 Å². The molecule has 0 radical (unpaired) electrons. The first-order valence-electron chi connectivity index (χ1n) is 21.0. The standard InChI is InChI=1S/C59H39N3/c1-6-18-40(19-7-1)48-35-49(41-20-8-2-9-21-41)37-50(36-48)55-39-54(61-59(62-55)44-26-14-5-15-27-44)47-29-16-28-45(34-47)46-32-33-52-56(38-46)60-58(43-24-12-4-13-25-43)53-31-17-30-51(57(52)53)42-22-10-3-11-23-42/h1-39H. The maximum atomic E-state index is 5.40. The van der Waals surface area contributed by atoms with Crippen LogP contribution in [-0.4, -0.2) is 15.0 Å². The van der Waals surface area contributed by atoms with E-state index in [0.29, 0.717) is 5.82 Å². The summed E-state index contributed by atoms with van der Waals surface area (Å²) in [6.07, 6.45) is 0. The fourth-order valence-corrected chi connectivity index (χ4v) is 8.60. The Kier molecular flexibility index (Phi) is 9.53. The van der Waals surface area contributed by atoms with E-state index in [2.05, 4.69) is 218 Å². The number of nitrogens with zero attached hydrogens (tertiary/aromatic N) is 3. The van der Waals surface area contributed by atoms with Crippen molar-refractivity contribution in [1.29, 1.82) is 0 Å². The van der Waals surface area contributed by atoms with E-state index in [1.54, 1.807) is 0 Å². The Labute approximate surface area is 361 Å². The van der Waals surface area contributed by atoms with Gasteiger partial charge in [0.25, 0.3) is 0 Å². The molecule has 0 aliphatic carbocycles. The van der Waals surface area contributed by atoms with Crippen LogP contribution in [0.15, 0.2) is 237 Å². The largest absolute Gasteiger partial charge is 0.247 e. The van der Waals surface area contributed by atoms with Gasteiger partial charge in [0.15, 0.2) is 5.82 Å². The van der Waals surface area contributed by atoms with Crippen molar-refractivity contribution in [2.75, 3.05) is 0 Å². The van der Waals surface area contributed by atoms with Crippen molar-refractivity contribution in [3.8, 4) is 89.7 Å². The molecular weight excluding hydrogens is 751 g/mol. The zero-order valence-electron chi connectivity index (χ0n) is 33.9. The molecule has 0 N–H and O–H groups in total. The highest BCUT2D eigenvalue weighted by Gasteiger charge is 2.17. The van der Waals surface area contributed by atoms with Gasteiger partial charge in [0, 0.05) is 38.4 Å². The monoisotopic (exact) mass is 789 g/mol. The van der Waals surface area contributed by atoms with Crippen LogP contribution in [0.3, 0.4) is 0 Å². The van der Waals surface area contributed by atoms with Crippen molar-refractivity contribution in [1.82, 2.24) is 15.0 Å². The summed E-state index contributed by atoms with van der Waals surface area (Å²) in [6, 6.07) is 83.4. The smallest absolute Gasteiger partial charge is 0.160 e. The molecule has 290 valence electrons. The van der Waals surface area contributed by atoms with Crippen LogP contribution in [0.1, 0.15) is 0 Å². The molecule has 62 heavy (non-hydrogen) atoms. The Morgan fingerprint density at radius 2 is 0.710 bits per heavy atom. The van der Waals surface area contributed by atoms with E-state index in [1.165, 1.54) is 16.5 Å². The average molecular weight is 790 g/mol. The zero-order chi connectivity index (χ0) is 41.2. The van der Waals surface area contributed by atoms with E-state index in [-0.39, 0.29) is 0 Å². The Morgan fingerprint density at radius 1 is 0.242 bits per heavy atom. The van der Waals surface area contributed by atoms with E-state index in [9.17, 15) is 0 Å². The summed E-state index contributed by atoms with van der Waals surface area (Å²) in [6.45, 7) is 0. The molecule has 0 unspecified atom stereocenters. The molecule has 2 heterocycles. The van der Waals surface area contributed by atoms with Crippen LogP contribution < -0.4 is 0 Å². The second kappa shape index (κ2) is 16.1. The summed E-state index contributed by atoms with van der Waals surface area (Å²) in [5.41, 5.74) is 16.9. The Morgan fingerprint density at radius 3 is 1.34 bits per heavy atom. The highest BCUT2D eigenvalue weighted by atomic mass is 14.9. The van der Waals surface area contributed by atoms with Gasteiger partial charge in [-0.3, -0.25) is 0 Å². The molecule has 0 saturated carbocycles. The minimum absolute atomic E-state index is 0.680. The first-order valence-corrected chi connectivity index (χ1v) is 21.0. The number of fused-ring (bicyclic) bond motifs is 3. The number of hydrogen-bond donors (Lipinski definition) is 0. The number of benzene rings is 9. The van der Waals surface area contributed by atoms with Gasteiger partial charge >= 0.3 is 0 Å². The van der Waals surface area contributed by atoms with Crippen LogP contribution >= 0.6 is 0 Å². The zero-order valence-corrected chi connectivity index (χ0v) is 33.9. The van der Waals surface area contributed by atoms with E-state index in [4.69, 9.17) is 15.0 Å². The molecule has 0 aliphatic rings. The molecule has 0 fully saturated rings.